The molecule has 1 fully saturated rings. The highest BCUT2D eigenvalue weighted by molar-refractivity contribution is 5.85. The molecule has 6 heteroatoms. The van der Waals surface area contributed by atoms with Crippen molar-refractivity contribution in [2.45, 2.75) is 32.2 Å². The van der Waals surface area contributed by atoms with E-state index in [0.29, 0.717) is 6.54 Å². The fourth-order valence-corrected chi connectivity index (χ4v) is 3.37. The molecule has 0 spiro atoms. The van der Waals surface area contributed by atoms with E-state index in [1.807, 2.05) is 38.2 Å². The molecule has 0 aliphatic carbocycles. The van der Waals surface area contributed by atoms with Crippen LogP contribution in [-0.4, -0.2) is 51.1 Å². The molecule has 1 saturated heterocycles. The Balaban J connectivity index is 0.00000312. The first-order valence-electron chi connectivity index (χ1n) is 8.93. The first-order chi connectivity index (χ1) is 11.6. The van der Waals surface area contributed by atoms with Crippen LogP contribution in [0.4, 0.5) is 0 Å². The van der Waals surface area contributed by atoms with Gasteiger partial charge in [-0.15, -0.1) is 12.4 Å². The van der Waals surface area contributed by atoms with Gasteiger partial charge in [0.05, 0.1) is 19.7 Å². The second-order valence-electron chi connectivity index (χ2n) is 6.64. The Hall–Kier alpha value is -1.30. The van der Waals surface area contributed by atoms with Gasteiger partial charge in [-0.05, 0) is 64.9 Å². The highest BCUT2D eigenvalue weighted by Gasteiger charge is 2.21. The number of likely N-dealkylation sites (tertiary alicyclic amines) is 1. The second kappa shape index (κ2) is 11.3. The maximum Gasteiger partial charge on any atom is 0.234 e. The predicted octanol–water partition coefficient (Wildman–Crippen LogP) is 2.62. The van der Waals surface area contributed by atoms with E-state index >= 15 is 0 Å². The van der Waals surface area contributed by atoms with Crippen LogP contribution in [0.1, 0.15) is 37.8 Å². The Kier molecular flexibility index (Phi) is 9.86. The molecule has 5 nitrogen and oxygen atoms in total. The average molecular weight is 370 g/mol. The molecule has 0 aromatic heterocycles. The molecule has 2 rings (SSSR count). The van der Waals surface area contributed by atoms with Crippen molar-refractivity contribution in [1.82, 2.24) is 15.5 Å². The summed E-state index contributed by atoms with van der Waals surface area (Å²) in [5.41, 5.74) is 1.01. The van der Waals surface area contributed by atoms with Crippen molar-refractivity contribution in [1.29, 1.82) is 0 Å². The normalized spacial score (nSPS) is 16.8. The minimum absolute atomic E-state index is 0. The van der Waals surface area contributed by atoms with Gasteiger partial charge >= 0.3 is 0 Å². The lowest BCUT2D eigenvalue weighted by Crippen LogP contribution is -2.42. The van der Waals surface area contributed by atoms with Gasteiger partial charge in [-0.2, -0.15) is 0 Å². The maximum atomic E-state index is 12.3. The Labute approximate surface area is 157 Å². The van der Waals surface area contributed by atoms with Gasteiger partial charge in [-0.1, -0.05) is 18.2 Å². The van der Waals surface area contributed by atoms with Crippen molar-refractivity contribution in [3.8, 4) is 5.75 Å². The van der Waals surface area contributed by atoms with E-state index in [1.54, 1.807) is 7.11 Å². The van der Waals surface area contributed by atoms with Gasteiger partial charge in [0, 0.05) is 5.56 Å². The van der Waals surface area contributed by atoms with Gasteiger partial charge in [0.1, 0.15) is 5.75 Å². The van der Waals surface area contributed by atoms with Crippen LogP contribution in [0.15, 0.2) is 24.3 Å². The van der Waals surface area contributed by atoms with Crippen LogP contribution in [0.2, 0.25) is 0 Å². The van der Waals surface area contributed by atoms with Crippen molar-refractivity contribution in [3.63, 3.8) is 0 Å². The van der Waals surface area contributed by atoms with Gasteiger partial charge in [0.2, 0.25) is 5.91 Å². The summed E-state index contributed by atoms with van der Waals surface area (Å²) in [6, 6.07) is 7.78. The highest BCUT2D eigenvalue weighted by Crippen LogP contribution is 2.24. The van der Waals surface area contributed by atoms with Crippen molar-refractivity contribution in [3.05, 3.63) is 29.8 Å². The number of nitrogens with one attached hydrogen (secondary N) is 2. The van der Waals surface area contributed by atoms with Crippen molar-refractivity contribution in [2.75, 3.05) is 40.3 Å². The molecule has 1 atom stereocenters. The average Bonchev–Trinajstić information content (AvgIpc) is 2.61. The molecule has 0 bridgehead atoms. The van der Waals surface area contributed by atoms with Crippen LogP contribution in [0.25, 0.3) is 0 Å². The van der Waals surface area contributed by atoms with Crippen LogP contribution in [0.3, 0.4) is 0 Å². The van der Waals surface area contributed by atoms with Gasteiger partial charge in [0.25, 0.3) is 0 Å². The quantitative estimate of drug-likeness (QED) is 0.739. The molecule has 1 amide bonds. The number of rotatable bonds is 8. The minimum Gasteiger partial charge on any atom is -0.496 e. The van der Waals surface area contributed by atoms with Crippen LogP contribution in [0.5, 0.6) is 5.75 Å². The largest absolute Gasteiger partial charge is 0.496 e. The molecule has 1 aromatic rings. The number of hydrogen-bond acceptors (Lipinski definition) is 4. The minimum atomic E-state index is -0.0539. The smallest absolute Gasteiger partial charge is 0.234 e. The fourth-order valence-electron chi connectivity index (χ4n) is 3.37. The Morgan fingerprint density at radius 2 is 2.00 bits per heavy atom. The summed E-state index contributed by atoms with van der Waals surface area (Å²) in [4.78, 5) is 14.6. The number of methoxy groups -OCH3 is 1. The molecule has 2 N–H and O–H groups in total. The van der Waals surface area contributed by atoms with Crippen molar-refractivity contribution >= 4 is 18.3 Å². The standard InChI is InChI=1S/C19H31N3O2.ClH/c1-15(17-6-4-5-7-18(17)24-3)21-19(23)14-22-12-9-16(10-13-22)8-11-20-2;/h4-7,15-16,20H,8-14H2,1-3H3,(H,21,23);1H. The summed E-state index contributed by atoms with van der Waals surface area (Å²) in [6.07, 6.45) is 3.62. The highest BCUT2D eigenvalue weighted by atomic mass is 35.5. The summed E-state index contributed by atoms with van der Waals surface area (Å²) < 4.78 is 5.38. The first kappa shape index (κ1) is 21.7. The van der Waals surface area contributed by atoms with Crippen LogP contribution in [0, 0.1) is 5.92 Å². The molecule has 1 heterocycles. The summed E-state index contributed by atoms with van der Waals surface area (Å²) in [7, 11) is 3.66. The van der Waals surface area contributed by atoms with E-state index in [0.717, 1.165) is 36.9 Å². The lowest BCUT2D eigenvalue weighted by molar-refractivity contribution is -0.123. The molecular weight excluding hydrogens is 338 g/mol. The monoisotopic (exact) mass is 369 g/mol. The van der Waals surface area contributed by atoms with Gasteiger partial charge in [0.15, 0.2) is 0 Å². The number of ether oxygens (including phenoxy) is 1. The molecule has 0 radical (unpaired) electrons. The molecule has 25 heavy (non-hydrogen) atoms. The van der Waals surface area contributed by atoms with Gasteiger partial charge in [-0.25, -0.2) is 0 Å². The number of nitrogens with zero attached hydrogens (tertiary/aromatic N) is 1. The summed E-state index contributed by atoms with van der Waals surface area (Å²) in [5, 5.41) is 6.31. The van der Waals surface area contributed by atoms with E-state index in [9.17, 15) is 4.79 Å². The fraction of sp³-hybridized carbons (Fsp3) is 0.632. The van der Waals surface area contributed by atoms with E-state index in [4.69, 9.17) is 4.74 Å². The maximum absolute atomic E-state index is 12.3. The van der Waals surface area contributed by atoms with Crippen LogP contribution >= 0.6 is 12.4 Å². The number of amides is 1. The van der Waals surface area contributed by atoms with Crippen molar-refractivity contribution in [2.24, 2.45) is 5.92 Å². The van der Waals surface area contributed by atoms with Crippen LogP contribution in [-0.2, 0) is 4.79 Å². The first-order valence-corrected chi connectivity index (χ1v) is 8.93. The zero-order chi connectivity index (χ0) is 17.4. The molecule has 1 unspecified atom stereocenters. The van der Waals surface area contributed by atoms with E-state index < -0.39 is 0 Å². The molecule has 142 valence electrons. The van der Waals surface area contributed by atoms with E-state index in [2.05, 4.69) is 15.5 Å². The summed E-state index contributed by atoms with van der Waals surface area (Å²) in [5.74, 6) is 1.70. The van der Waals surface area contributed by atoms with E-state index in [1.165, 1.54) is 19.3 Å². The number of halogens is 1. The van der Waals surface area contributed by atoms with Gasteiger partial charge in [-0.3, -0.25) is 9.69 Å². The Morgan fingerprint density at radius 3 is 2.64 bits per heavy atom. The zero-order valence-corrected chi connectivity index (χ0v) is 16.4. The van der Waals surface area contributed by atoms with Crippen molar-refractivity contribution < 1.29 is 9.53 Å². The number of piperidine rings is 1. The third kappa shape index (κ3) is 6.84. The molecule has 1 aromatic carbocycles. The number of carbonyl (C=O) groups is 1. The number of benzene rings is 1. The predicted molar refractivity (Wildman–Crippen MR) is 105 cm³/mol. The molecule has 1 aliphatic rings. The van der Waals surface area contributed by atoms with Gasteiger partial charge < -0.3 is 15.4 Å². The Bertz CT molecular complexity index is 519. The lowest BCUT2D eigenvalue weighted by Gasteiger charge is -2.31. The number of hydrogen-bond donors (Lipinski definition) is 2. The Morgan fingerprint density at radius 1 is 1.32 bits per heavy atom. The van der Waals surface area contributed by atoms with Crippen LogP contribution < -0.4 is 15.4 Å². The molecule has 0 saturated carbocycles. The lowest BCUT2D eigenvalue weighted by atomic mass is 9.93. The topological polar surface area (TPSA) is 53.6 Å². The summed E-state index contributed by atoms with van der Waals surface area (Å²) in [6.45, 7) is 5.61. The van der Waals surface area contributed by atoms with E-state index in [-0.39, 0.29) is 24.4 Å². The molecular formula is C19H32ClN3O2. The third-order valence-electron chi connectivity index (χ3n) is 4.86. The summed E-state index contributed by atoms with van der Waals surface area (Å²) >= 11 is 0. The number of para-hydroxylation sites is 1. The third-order valence-corrected chi connectivity index (χ3v) is 4.86. The molecule has 1 aliphatic heterocycles. The zero-order valence-electron chi connectivity index (χ0n) is 15.6. The second-order valence-corrected chi connectivity index (χ2v) is 6.64. The number of carbonyl (C=O) groups excluding carboxylic acids is 1. The SMILES string of the molecule is CNCCC1CCN(CC(=O)NC(C)c2ccccc2OC)CC1.Cl.